The van der Waals surface area contributed by atoms with Crippen LogP contribution < -0.4 is 20.1 Å². The second-order valence-corrected chi connectivity index (χ2v) is 10.0. The highest BCUT2D eigenvalue weighted by molar-refractivity contribution is 8.00. The second kappa shape index (κ2) is 10.5. The van der Waals surface area contributed by atoms with E-state index in [2.05, 4.69) is 17.6 Å². The molecule has 2 aromatic carbocycles. The van der Waals surface area contributed by atoms with Gasteiger partial charge in [-0.3, -0.25) is 9.59 Å². The van der Waals surface area contributed by atoms with Gasteiger partial charge in [0.1, 0.15) is 0 Å². The molecule has 0 unspecified atom stereocenters. The fourth-order valence-corrected chi connectivity index (χ4v) is 6.18. The first-order valence-electron chi connectivity index (χ1n) is 11.5. The summed E-state index contributed by atoms with van der Waals surface area (Å²) in [7, 11) is 3.12. The lowest BCUT2D eigenvalue weighted by atomic mass is 9.84. The van der Waals surface area contributed by atoms with Crippen LogP contribution in [-0.2, 0) is 4.79 Å². The minimum atomic E-state index is -0.155. The van der Waals surface area contributed by atoms with E-state index in [4.69, 9.17) is 9.47 Å². The van der Waals surface area contributed by atoms with Crippen molar-refractivity contribution in [3.8, 4) is 11.5 Å². The third-order valence-corrected chi connectivity index (χ3v) is 8.03. The van der Waals surface area contributed by atoms with Crippen LogP contribution in [0.2, 0.25) is 0 Å². The molecule has 0 aromatic heterocycles. The molecule has 0 aliphatic heterocycles. The minimum Gasteiger partial charge on any atom is -0.493 e. The zero-order chi connectivity index (χ0) is 23.4. The molecule has 4 atom stereocenters. The van der Waals surface area contributed by atoms with Gasteiger partial charge in [-0.05, 0) is 68.2 Å². The van der Waals surface area contributed by atoms with E-state index >= 15 is 0 Å². The van der Waals surface area contributed by atoms with E-state index in [1.54, 1.807) is 32.4 Å². The number of ether oxygens (including phenoxy) is 2. The molecule has 0 spiro atoms. The maximum atomic E-state index is 13.1. The van der Waals surface area contributed by atoms with Gasteiger partial charge in [0, 0.05) is 22.7 Å². The first-order chi connectivity index (χ1) is 16.0. The van der Waals surface area contributed by atoms with Gasteiger partial charge in [0.15, 0.2) is 11.5 Å². The highest BCUT2D eigenvalue weighted by atomic mass is 32.2. The number of anilines is 1. The molecule has 2 saturated carbocycles. The standard InChI is InChI=1S/C26H32N2O4S/c1-16(21-13-17-8-9-18(21)12-17)27-26(30)20-6-4-5-7-24(20)33-15-25(29)28-19-10-11-22(31-2)23(14-19)32-3/h4-7,10-11,14,16-18,21H,8-9,12-13,15H2,1-3H3,(H,27,30)(H,28,29)/t16-,17+,18+,21-/m1/s1. The van der Waals surface area contributed by atoms with Gasteiger partial charge in [0.25, 0.3) is 5.91 Å². The Morgan fingerprint density at radius 3 is 2.55 bits per heavy atom. The predicted molar refractivity (Wildman–Crippen MR) is 131 cm³/mol. The van der Waals surface area contributed by atoms with Crippen LogP contribution in [0.4, 0.5) is 5.69 Å². The summed E-state index contributed by atoms with van der Waals surface area (Å²) in [4.78, 5) is 26.4. The minimum absolute atomic E-state index is 0.0614. The van der Waals surface area contributed by atoms with Crippen molar-refractivity contribution in [2.45, 2.75) is 43.5 Å². The van der Waals surface area contributed by atoms with Gasteiger partial charge < -0.3 is 20.1 Å². The van der Waals surface area contributed by atoms with Crippen LogP contribution in [0.15, 0.2) is 47.4 Å². The predicted octanol–water partition coefficient (Wildman–Crippen LogP) is 4.99. The number of methoxy groups -OCH3 is 2. The average molecular weight is 469 g/mol. The van der Waals surface area contributed by atoms with Crippen LogP contribution in [-0.4, -0.2) is 37.8 Å². The summed E-state index contributed by atoms with van der Waals surface area (Å²) in [6, 6.07) is 12.9. The van der Waals surface area contributed by atoms with Gasteiger partial charge in [0.05, 0.1) is 25.5 Å². The zero-order valence-electron chi connectivity index (χ0n) is 19.4. The number of benzene rings is 2. The summed E-state index contributed by atoms with van der Waals surface area (Å²) < 4.78 is 10.5. The quantitative estimate of drug-likeness (QED) is 0.507. The van der Waals surface area contributed by atoms with E-state index in [0.29, 0.717) is 28.7 Å². The van der Waals surface area contributed by atoms with Crippen molar-refractivity contribution in [1.29, 1.82) is 0 Å². The topological polar surface area (TPSA) is 76.7 Å². The molecule has 2 aliphatic rings. The van der Waals surface area contributed by atoms with Crippen molar-refractivity contribution in [1.82, 2.24) is 5.32 Å². The normalized spacial score (nSPS) is 22.0. The van der Waals surface area contributed by atoms with Gasteiger partial charge in [-0.15, -0.1) is 11.8 Å². The monoisotopic (exact) mass is 468 g/mol. The maximum Gasteiger partial charge on any atom is 0.252 e. The van der Waals surface area contributed by atoms with Gasteiger partial charge in [0.2, 0.25) is 5.91 Å². The lowest BCUT2D eigenvalue weighted by Gasteiger charge is -2.28. The molecule has 2 aliphatic carbocycles. The molecule has 7 heteroatoms. The summed E-state index contributed by atoms with van der Waals surface area (Å²) in [5.41, 5.74) is 1.25. The molecule has 2 bridgehead atoms. The largest absolute Gasteiger partial charge is 0.493 e. The van der Waals surface area contributed by atoms with Crippen molar-refractivity contribution in [3.05, 3.63) is 48.0 Å². The van der Waals surface area contributed by atoms with Gasteiger partial charge in [-0.25, -0.2) is 0 Å². The number of amides is 2. The Morgan fingerprint density at radius 1 is 1.06 bits per heavy atom. The fraction of sp³-hybridized carbons (Fsp3) is 0.462. The summed E-state index contributed by atoms with van der Waals surface area (Å²) >= 11 is 1.36. The summed E-state index contributed by atoms with van der Waals surface area (Å²) in [6.07, 6.45) is 5.22. The van der Waals surface area contributed by atoms with Crippen LogP contribution in [0, 0.1) is 17.8 Å². The molecular formula is C26H32N2O4S. The Balaban J connectivity index is 1.34. The summed E-state index contributed by atoms with van der Waals surface area (Å²) in [6.45, 7) is 2.13. The number of carbonyl (C=O) groups is 2. The average Bonchev–Trinajstić information content (AvgIpc) is 3.47. The SMILES string of the molecule is COc1ccc(NC(=O)CSc2ccccc2C(=O)N[C@H](C)[C@H]2C[C@H]3CC[C@H]2C3)cc1OC. The highest BCUT2D eigenvalue weighted by Gasteiger charge is 2.42. The molecule has 2 aromatic rings. The van der Waals surface area contributed by atoms with Gasteiger partial charge >= 0.3 is 0 Å². The van der Waals surface area contributed by atoms with E-state index in [1.807, 2.05) is 24.3 Å². The van der Waals surface area contributed by atoms with Crippen LogP contribution in [0.25, 0.3) is 0 Å². The Kier molecular flexibility index (Phi) is 7.48. The van der Waals surface area contributed by atoms with E-state index < -0.39 is 0 Å². The second-order valence-electron chi connectivity index (χ2n) is 9.00. The highest BCUT2D eigenvalue weighted by Crippen LogP contribution is 2.49. The molecule has 2 amide bonds. The zero-order valence-corrected chi connectivity index (χ0v) is 20.2. The van der Waals surface area contributed by atoms with Crippen LogP contribution in [0.3, 0.4) is 0 Å². The van der Waals surface area contributed by atoms with Crippen LogP contribution >= 0.6 is 11.8 Å². The van der Waals surface area contributed by atoms with Crippen molar-refractivity contribution in [2.24, 2.45) is 17.8 Å². The molecule has 176 valence electrons. The summed E-state index contributed by atoms with van der Waals surface area (Å²) in [5.74, 6) is 3.33. The van der Waals surface area contributed by atoms with Crippen molar-refractivity contribution in [3.63, 3.8) is 0 Å². The van der Waals surface area contributed by atoms with Crippen LogP contribution in [0.5, 0.6) is 11.5 Å². The van der Waals surface area contributed by atoms with E-state index in [-0.39, 0.29) is 23.6 Å². The Bertz CT molecular complexity index is 1010. The Labute approximate surface area is 199 Å². The molecular weight excluding hydrogens is 436 g/mol. The smallest absolute Gasteiger partial charge is 0.252 e. The molecule has 0 heterocycles. The van der Waals surface area contributed by atoms with E-state index in [9.17, 15) is 9.59 Å². The molecule has 0 saturated heterocycles. The third-order valence-electron chi connectivity index (χ3n) is 6.95. The number of hydrogen-bond acceptors (Lipinski definition) is 5. The first kappa shape index (κ1) is 23.5. The number of hydrogen-bond donors (Lipinski definition) is 2. The van der Waals surface area contributed by atoms with E-state index in [0.717, 1.165) is 16.7 Å². The molecule has 2 N–H and O–H groups in total. The van der Waals surface area contributed by atoms with Gasteiger partial charge in [-0.1, -0.05) is 18.6 Å². The molecule has 6 nitrogen and oxygen atoms in total. The van der Waals surface area contributed by atoms with Crippen molar-refractivity contribution < 1.29 is 19.1 Å². The van der Waals surface area contributed by atoms with Crippen molar-refractivity contribution in [2.75, 3.05) is 25.3 Å². The number of fused-ring (bicyclic) bond motifs is 2. The van der Waals surface area contributed by atoms with Crippen molar-refractivity contribution >= 4 is 29.3 Å². The Hall–Kier alpha value is -2.67. The summed E-state index contributed by atoms with van der Waals surface area (Å²) in [5, 5.41) is 6.11. The third kappa shape index (κ3) is 5.46. The lowest BCUT2D eigenvalue weighted by molar-refractivity contribution is -0.113. The first-order valence-corrected chi connectivity index (χ1v) is 12.5. The molecule has 2 fully saturated rings. The molecule has 0 radical (unpaired) electrons. The molecule has 33 heavy (non-hydrogen) atoms. The van der Waals surface area contributed by atoms with E-state index in [1.165, 1.54) is 37.4 Å². The fourth-order valence-electron chi connectivity index (χ4n) is 5.33. The lowest BCUT2D eigenvalue weighted by Crippen LogP contribution is -2.40. The van der Waals surface area contributed by atoms with Crippen LogP contribution in [0.1, 0.15) is 43.0 Å². The number of nitrogens with one attached hydrogen (secondary N) is 2. The Morgan fingerprint density at radius 2 is 1.85 bits per heavy atom. The molecule has 4 rings (SSSR count). The van der Waals surface area contributed by atoms with Gasteiger partial charge in [-0.2, -0.15) is 0 Å². The maximum absolute atomic E-state index is 13.1. The number of thioether (sulfide) groups is 1. The number of carbonyl (C=O) groups excluding carboxylic acids is 2. The number of rotatable bonds is 9.